The standard InChI is InChI=1S/C20H22O5/c1-5-24-19-11-15(7-9-18(19)23-4)20(22)25-12-17(21)16-8-6-13(2)10-14(16)3/h6-11H,5,12H2,1-4H3. The third-order valence-corrected chi connectivity index (χ3v) is 3.72. The van der Waals surface area contributed by atoms with Gasteiger partial charge in [-0.15, -0.1) is 0 Å². The number of esters is 1. The summed E-state index contributed by atoms with van der Waals surface area (Å²) in [5.74, 6) is 0.177. The molecule has 0 fully saturated rings. The number of carbonyl (C=O) groups excluding carboxylic acids is 2. The Morgan fingerprint density at radius 3 is 2.40 bits per heavy atom. The average molecular weight is 342 g/mol. The molecule has 0 unspecified atom stereocenters. The summed E-state index contributed by atoms with van der Waals surface area (Å²) >= 11 is 0. The fraction of sp³-hybridized carbons (Fsp3) is 0.300. The first kappa shape index (κ1) is 18.5. The molecule has 132 valence electrons. The van der Waals surface area contributed by atoms with Gasteiger partial charge in [0.05, 0.1) is 19.3 Å². The summed E-state index contributed by atoms with van der Waals surface area (Å²) in [5, 5.41) is 0. The van der Waals surface area contributed by atoms with Crippen LogP contribution in [0.3, 0.4) is 0 Å². The molecule has 0 amide bonds. The average Bonchev–Trinajstić information content (AvgIpc) is 2.59. The number of methoxy groups -OCH3 is 1. The quantitative estimate of drug-likeness (QED) is 0.566. The number of hydrogen-bond donors (Lipinski definition) is 0. The molecule has 0 spiro atoms. The van der Waals surface area contributed by atoms with Gasteiger partial charge in [0.1, 0.15) is 0 Å². The van der Waals surface area contributed by atoms with Crippen LogP contribution in [0.5, 0.6) is 11.5 Å². The van der Waals surface area contributed by atoms with Crippen molar-refractivity contribution in [1.29, 1.82) is 0 Å². The monoisotopic (exact) mass is 342 g/mol. The van der Waals surface area contributed by atoms with Crippen LogP contribution in [-0.2, 0) is 4.74 Å². The van der Waals surface area contributed by atoms with E-state index < -0.39 is 5.97 Å². The maximum Gasteiger partial charge on any atom is 0.338 e. The molecule has 0 saturated carbocycles. The van der Waals surface area contributed by atoms with Gasteiger partial charge >= 0.3 is 5.97 Å². The van der Waals surface area contributed by atoms with Crippen LogP contribution < -0.4 is 9.47 Å². The molecule has 5 heteroatoms. The van der Waals surface area contributed by atoms with Crippen LogP contribution in [-0.4, -0.2) is 32.1 Å². The summed E-state index contributed by atoms with van der Waals surface area (Å²) in [6, 6.07) is 10.3. The van der Waals surface area contributed by atoms with Crippen molar-refractivity contribution in [2.45, 2.75) is 20.8 Å². The van der Waals surface area contributed by atoms with Crippen LogP contribution in [0.1, 0.15) is 38.8 Å². The summed E-state index contributed by atoms with van der Waals surface area (Å²) < 4.78 is 15.8. The van der Waals surface area contributed by atoms with Gasteiger partial charge in [0.2, 0.25) is 5.78 Å². The second-order valence-corrected chi connectivity index (χ2v) is 5.62. The van der Waals surface area contributed by atoms with Crippen molar-refractivity contribution >= 4 is 11.8 Å². The maximum atomic E-state index is 12.3. The van der Waals surface area contributed by atoms with Crippen molar-refractivity contribution in [1.82, 2.24) is 0 Å². The SMILES string of the molecule is CCOc1cc(C(=O)OCC(=O)c2ccc(C)cc2C)ccc1OC. The number of carbonyl (C=O) groups is 2. The predicted molar refractivity (Wildman–Crippen MR) is 94.7 cm³/mol. The van der Waals surface area contributed by atoms with Gasteiger partial charge in [0.25, 0.3) is 0 Å². The first-order valence-electron chi connectivity index (χ1n) is 8.04. The van der Waals surface area contributed by atoms with E-state index in [1.165, 1.54) is 7.11 Å². The third-order valence-electron chi connectivity index (χ3n) is 3.72. The van der Waals surface area contributed by atoms with Crippen LogP contribution in [0.15, 0.2) is 36.4 Å². The normalized spacial score (nSPS) is 10.2. The van der Waals surface area contributed by atoms with Crippen LogP contribution in [0.2, 0.25) is 0 Å². The van der Waals surface area contributed by atoms with Crippen molar-refractivity contribution in [2.24, 2.45) is 0 Å². The minimum absolute atomic E-state index is 0.232. The molecule has 0 heterocycles. The molecule has 0 bridgehead atoms. The number of rotatable bonds is 7. The lowest BCUT2D eigenvalue weighted by Gasteiger charge is -2.11. The fourth-order valence-corrected chi connectivity index (χ4v) is 2.49. The predicted octanol–water partition coefficient (Wildman–Crippen LogP) is 3.75. The zero-order valence-corrected chi connectivity index (χ0v) is 14.9. The Hall–Kier alpha value is -2.82. The van der Waals surface area contributed by atoms with Crippen molar-refractivity contribution in [3.05, 3.63) is 58.7 Å². The molecule has 0 aliphatic heterocycles. The maximum absolute atomic E-state index is 12.3. The van der Waals surface area contributed by atoms with E-state index in [4.69, 9.17) is 14.2 Å². The summed E-state index contributed by atoms with van der Waals surface area (Å²) in [4.78, 5) is 24.5. The number of hydrogen-bond acceptors (Lipinski definition) is 5. The lowest BCUT2D eigenvalue weighted by Crippen LogP contribution is -2.15. The molecule has 2 aromatic carbocycles. The topological polar surface area (TPSA) is 61.8 Å². The highest BCUT2D eigenvalue weighted by Crippen LogP contribution is 2.28. The van der Waals surface area contributed by atoms with Gasteiger partial charge in [-0.25, -0.2) is 4.79 Å². The minimum Gasteiger partial charge on any atom is -0.493 e. The van der Waals surface area contributed by atoms with Crippen molar-refractivity contribution in [2.75, 3.05) is 20.3 Å². The second kappa shape index (κ2) is 8.33. The van der Waals surface area contributed by atoms with Gasteiger partial charge in [0.15, 0.2) is 18.1 Å². The Morgan fingerprint density at radius 2 is 1.76 bits per heavy atom. The summed E-state index contributed by atoms with van der Waals surface area (Å²) in [5.41, 5.74) is 2.80. The van der Waals surface area contributed by atoms with E-state index in [0.29, 0.717) is 29.2 Å². The Labute approximate surface area is 147 Å². The van der Waals surface area contributed by atoms with E-state index in [9.17, 15) is 9.59 Å². The molecule has 25 heavy (non-hydrogen) atoms. The molecule has 2 rings (SSSR count). The van der Waals surface area contributed by atoms with Gasteiger partial charge < -0.3 is 14.2 Å². The molecule has 0 aromatic heterocycles. The fourth-order valence-electron chi connectivity index (χ4n) is 2.49. The van der Waals surface area contributed by atoms with Gasteiger partial charge in [-0.05, 0) is 44.5 Å². The molecular weight excluding hydrogens is 320 g/mol. The number of ketones is 1. The van der Waals surface area contributed by atoms with E-state index in [-0.39, 0.29) is 12.4 Å². The minimum atomic E-state index is -0.582. The highest BCUT2D eigenvalue weighted by Gasteiger charge is 2.15. The number of Topliss-reactive ketones (excluding diaryl/α,β-unsaturated/α-hetero) is 1. The van der Waals surface area contributed by atoms with Gasteiger partial charge in [-0.2, -0.15) is 0 Å². The lowest BCUT2D eigenvalue weighted by molar-refractivity contribution is 0.0474. The molecule has 0 aliphatic carbocycles. The van der Waals surface area contributed by atoms with E-state index in [1.54, 1.807) is 24.3 Å². The Morgan fingerprint density at radius 1 is 1.00 bits per heavy atom. The zero-order valence-electron chi connectivity index (χ0n) is 14.9. The molecule has 2 aromatic rings. The van der Waals surface area contributed by atoms with E-state index >= 15 is 0 Å². The van der Waals surface area contributed by atoms with Crippen molar-refractivity contribution in [3.63, 3.8) is 0 Å². The Bertz CT molecular complexity index is 780. The van der Waals surface area contributed by atoms with Gasteiger partial charge in [-0.1, -0.05) is 23.8 Å². The van der Waals surface area contributed by atoms with Gasteiger partial charge in [0, 0.05) is 5.56 Å². The molecule has 0 atom stereocenters. The summed E-state index contributed by atoms with van der Waals surface area (Å²) in [7, 11) is 1.53. The molecule has 0 saturated heterocycles. The first-order valence-corrected chi connectivity index (χ1v) is 8.04. The van der Waals surface area contributed by atoms with Crippen LogP contribution >= 0.6 is 0 Å². The van der Waals surface area contributed by atoms with E-state index in [0.717, 1.165) is 11.1 Å². The zero-order chi connectivity index (χ0) is 18.4. The Kier molecular flexibility index (Phi) is 6.17. The largest absolute Gasteiger partial charge is 0.493 e. The van der Waals surface area contributed by atoms with Crippen LogP contribution in [0.4, 0.5) is 0 Å². The first-order chi connectivity index (χ1) is 12.0. The van der Waals surface area contributed by atoms with Gasteiger partial charge in [-0.3, -0.25) is 4.79 Å². The number of aryl methyl sites for hydroxylation is 2. The molecule has 0 aliphatic rings. The third kappa shape index (κ3) is 4.59. The summed E-state index contributed by atoms with van der Waals surface area (Å²) in [6.07, 6.45) is 0. The smallest absolute Gasteiger partial charge is 0.338 e. The number of benzene rings is 2. The highest BCUT2D eigenvalue weighted by molar-refractivity contribution is 6.00. The molecule has 0 N–H and O–H groups in total. The van der Waals surface area contributed by atoms with Crippen molar-refractivity contribution in [3.8, 4) is 11.5 Å². The highest BCUT2D eigenvalue weighted by atomic mass is 16.5. The molecule has 5 nitrogen and oxygen atoms in total. The summed E-state index contributed by atoms with van der Waals surface area (Å²) in [6.45, 7) is 5.80. The van der Waals surface area contributed by atoms with Crippen LogP contribution in [0.25, 0.3) is 0 Å². The number of ether oxygens (including phenoxy) is 3. The molecule has 0 radical (unpaired) electrons. The second-order valence-electron chi connectivity index (χ2n) is 5.62. The van der Waals surface area contributed by atoms with Crippen molar-refractivity contribution < 1.29 is 23.8 Å². The van der Waals surface area contributed by atoms with E-state index in [2.05, 4.69) is 0 Å². The van der Waals surface area contributed by atoms with E-state index in [1.807, 2.05) is 32.9 Å². The Balaban J connectivity index is 2.07. The van der Waals surface area contributed by atoms with Crippen LogP contribution in [0, 0.1) is 13.8 Å². The molecular formula is C20H22O5. The lowest BCUT2D eigenvalue weighted by atomic mass is 10.0.